The fourth-order valence-electron chi connectivity index (χ4n) is 3.81. The molecule has 3 rings (SSSR count). The number of rotatable bonds is 11. The van der Waals surface area contributed by atoms with Crippen LogP contribution in [0.2, 0.25) is 0 Å². The fraction of sp³-hybridized carbons (Fsp3) is 0.310. The summed E-state index contributed by atoms with van der Waals surface area (Å²) in [4.78, 5) is 28.3. The molecule has 1 N–H and O–H groups in total. The lowest BCUT2D eigenvalue weighted by Gasteiger charge is -2.31. The van der Waals surface area contributed by atoms with Crippen molar-refractivity contribution in [2.45, 2.75) is 45.7 Å². The lowest BCUT2D eigenvalue weighted by Crippen LogP contribution is -2.51. The zero-order valence-electron chi connectivity index (χ0n) is 20.5. The van der Waals surface area contributed by atoms with Crippen LogP contribution in [0.3, 0.4) is 0 Å². The molecule has 0 aromatic heterocycles. The summed E-state index contributed by atoms with van der Waals surface area (Å²) in [6.07, 6.45) is 0.415. The first-order valence-electron chi connectivity index (χ1n) is 12.0. The molecule has 0 spiro atoms. The topological polar surface area (TPSA) is 58.6 Å². The average Bonchev–Trinajstić information content (AvgIpc) is 2.86. The molecule has 5 nitrogen and oxygen atoms in total. The zero-order valence-corrected chi connectivity index (χ0v) is 22.1. The number of likely N-dealkylation sites (N-methyl/N-ethyl adjacent to an activating group) is 1. The molecule has 0 aliphatic rings. The van der Waals surface area contributed by atoms with Crippen molar-refractivity contribution in [3.8, 4) is 5.75 Å². The molecule has 1 atom stereocenters. The summed E-state index contributed by atoms with van der Waals surface area (Å²) in [5.74, 6) is 0.628. The molecule has 0 saturated heterocycles. The Morgan fingerprint density at radius 1 is 0.914 bits per heavy atom. The quantitative estimate of drug-likeness (QED) is 0.340. The maximum atomic E-state index is 13.5. The first kappa shape index (κ1) is 26.5. The van der Waals surface area contributed by atoms with Crippen molar-refractivity contribution < 1.29 is 14.3 Å². The number of nitrogens with one attached hydrogen (secondary N) is 1. The standard InChI is InChI=1S/C29H33BrN2O3/c1-4-31-29(34)27(18-22-8-6-5-7-9-22)32(19-23-10-14-25(30)15-11-23)28(33)20-35-26-16-12-24(13-17-26)21(2)3/h5-17,21,27H,4,18-20H2,1-3H3,(H,31,34)/t27-/m1/s1. The Morgan fingerprint density at radius 2 is 1.57 bits per heavy atom. The van der Waals surface area contributed by atoms with Gasteiger partial charge in [0.1, 0.15) is 11.8 Å². The maximum Gasteiger partial charge on any atom is 0.261 e. The van der Waals surface area contributed by atoms with Crippen LogP contribution in [0.4, 0.5) is 0 Å². The van der Waals surface area contributed by atoms with Crippen LogP contribution in [-0.4, -0.2) is 35.9 Å². The molecule has 0 saturated carbocycles. The molecule has 0 radical (unpaired) electrons. The Labute approximate surface area is 216 Å². The third kappa shape index (κ3) is 7.96. The van der Waals surface area contributed by atoms with Gasteiger partial charge >= 0.3 is 0 Å². The van der Waals surface area contributed by atoms with Crippen molar-refractivity contribution in [1.82, 2.24) is 10.2 Å². The third-order valence-corrected chi connectivity index (χ3v) is 6.33. The number of carbonyl (C=O) groups is 2. The van der Waals surface area contributed by atoms with Gasteiger partial charge in [0.25, 0.3) is 5.91 Å². The van der Waals surface area contributed by atoms with Gasteiger partial charge in [0.05, 0.1) is 0 Å². The van der Waals surface area contributed by atoms with Crippen LogP contribution < -0.4 is 10.1 Å². The van der Waals surface area contributed by atoms with E-state index in [1.807, 2.05) is 85.8 Å². The van der Waals surface area contributed by atoms with Crippen LogP contribution in [0, 0.1) is 0 Å². The van der Waals surface area contributed by atoms with Crippen LogP contribution in [0.15, 0.2) is 83.3 Å². The minimum Gasteiger partial charge on any atom is -0.484 e. The van der Waals surface area contributed by atoms with E-state index in [0.717, 1.165) is 15.6 Å². The van der Waals surface area contributed by atoms with E-state index in [4.69, 9.17) is 4.74 Å². The normalized spacial score (nSPS) is 11.7. The molecule has 0 heterocycles. The van der Waals surface area contributed by atoms with Crippen molar-refractivity contribution in [2.75, 3.05) is 13.2 Å². The van der Waals surface area contributed by atoms with Gasteiger partial charge in [-0.15, -0.1) is 0 Å². The second-order valence-corrected chi connectivity index (χ2v) is 9.68. The Balaban J connectivity index is 1.85. The number of halogens is 1. The van der Waals surface area contributed by atoms with Gasteiger partial charge in [0.2, 0.25) is 5.91 Å². The van der Waals surface area contributed by atoms with E-state index in [1.165, 1.54) is 5.56 Å². The number of nitrogens with zero attached hydrogens (tertiary/aromatic N) is 1. The number of ether oxygens (including phenoxy) is 1. The summed E-state index contributed by atoms with van der Waals surface area (Å²) in [5, 5.41) is 2.91. The van der Waals surface area contributed by atoms with Crippen LogP contribution >= 0.6 is 15.9 Å². The number of carbonyl (C=O) groups excluding carboxylic acids is 2. The highest BCUT2D eigenvalue weighted by atomic mass is 79.9. The van der Waals surface area contributed by atoms with Gasteiger partial charge < -0.3 is 15.0 Å². The van der Waals surface area contributed by atoms with Crippen LogP contribution in [-0.2, 0) is 22.6 Å². The van der Waals surface area contributed by atoms with Gasteiger partial charge in [-0.3, -0.25) is 9.59 Å². The predicted molar refractivity (Wildman–Crippen MR) is 143 cm³/mol. The summed E-state index contributed by atoms with van der Waals surface area (Å²) in [7, 11) is 0. The molecule has 0 aliphatic heterocycles. The van der Waals surface area contributed by atoms with Gasteiger partial charge in [-0.2, -0.15) is 0 Å². The first-order valence-corrected chi connectivity index (χ1v) is 12.7. The average molecular weight is 537 g/mol. The van der Waals surface area contributed by atoms with Crippen molar-refractivity contribution >= 4 is 27.7 Å². The van der Waals surface area contributed by atoms with Gasteiger partial charge in [0, 0.05) is 24.0 Å². The predicted octanol–water partition coefficient (Wildman–Crippen LogP) is 5.73. The monoisotopic (exact) mass is 536 g/mol. The van der Waals surface area contributed by atoms with E-state index >= 15 is 0 Å². The maximum absolute atomic E-state index is 13.5. The largest absolute Gasteiger partial charge is 0.484 e. The molecule has 3 aromatic rings. The van der Waals surface area contributed by atoms with Crippen molar-refractivity contribution in [2.24, 2.45) is 0 Å². The van der Waals surface area contributed by atoms with Crippen LogP contribution in [0.25, 0.3) is 0 Å². The van der Waals surface area contributed by atoms with E-state index in [1.54, 1.807) is 4.90 Å². The van der Waals surface area contributed by atoms with E-state index in [-0.39, 0.29) is 18.4 Å². The Kier molecular flexibility index (Phi) is 9.91. The van der Waals surface area contributed by atoms with Gasteiger partial charge in [-0.05, 0) is 53.8 Å². The van der Waals surface area contributed by atoms with Crippen molar-refractivity contribution in [1.29, 1.82) is 0 Å². The summed E-state index contributed by atoms with van der Waals surface area (Å²) in [6.45, 7) is 6.78. The lowest BCUT2D eigenvalue weighted by atomic mass is 10.0. The molecule has 2 amide bonds. The Bertz CT molecular complexity index is 1080. The van der Waals surface area contributed by atoms with E-state index in [0.29, 0.717) is 31.2 Å². The minimum absolute atomic E-state index is 0.151. The fourth-order valence-corrected chi connectivity index (χ4v) is 4.07. The van der Waals surface area contributed by atoms with Gasteiger partial charge in [-0.1, -0.05) is 84.4 Å². The molecule has 3 aromatic carbocycles. The van der Waals surface area contributed by atoms with Crippen molar-refractivity contribution in [3.05, 3.63) is 100 Å². The lowest BCUT2D eigenvalue weighted by molar-refractivity contribution is -0.142. The molecule has 0 bridgehead atoms. The Hall–Kier alpha value is -3.12. The van der Waals surface area contributed by atoms with Gasteiger partial charge in [0.15, 0.2) is 6.61 Å². The number of benzene rings is 3. The zero-order chi connectivity index (χ0) is 25.2. The second kappa shape index (κ2) is 13.1. The molecule has 184 valence electrons. The molecular formula is C29H33BrN2O3. The summed E-state index contributed by atoms with van der Waals surface area (Å²) < 4.78 is 6.81. The van der Waals surface area contributed by atoms with Crippen LogP contribution in [0.1, 0.15) is 43.4 Å². The highest BCUT2D eigenvalue weighted by Gasteiger charge is 2.30. The van der Waals surface area contributed by atoms with E-state index < -0.39 is 6.04 Å². The number of amides is 2. The van der Waals surface area contributed by atoms with E-state index in [9.17, 15) is 9.59 Å². The summed E-state index contributed by atoms with van der Waals surface area (Å²) in [5.41, 5.74) is 3.13. The molecule has 0 unspecified atom stereocenters. The molecule has 0 fully saturated rings. The minimum atomic E-state index is -0.666. The second-order valence-electron chi connectivity index (χ2n) is 8.76. The Morgan fingerprint density at radius 3 is 2.17 bits per heavy atom. The number of hydrogen-bond acceptors (Lipinski definition) is 3. The summed E-state index contributed by atoms with van der Waals surface area (Å²) in [6, 6.07) is 24.7. The van der Waals surface area contributed by atoms with Crippen molar-refractivity contribution in [3.63, 3.8) is 0 Å². The smallest absolute Gasteiger partial charge is 0.261 e. The highest BCUT2D eigenvalue weighted by molar-refractivity contribution is 9.10. The SMILES string of the molecule is CCNC(=O)[C@@H](Cc1ccccc1)N(Cc1ccc(Br)cc1)C(=O)COc1ccc(C(C)C)cc1. The van der Waals surface area contributed by atoms with Gasteiger partial charge in [-0.25, -0.2) is 0 Å². The molecule has 6 heteroatoms. The molecule has 35 heavy (non-hydrogen) atoms. The third-order valence-electron chi connectivity index (χ3n) is 5.80. The highest BCUT2D eigenvalue weighted by Crippen LogP contribution is 2.20. The molecule has 0 aliphatic carbocycles. The molecular weight excluding hydrogens is 504 g/mol. The summed E-state index contributed by atoms with van der Waals surface area (Å²) >= 11 is 3.46. The number of hydrogen-bond donors (Lipinski definition) is 1. The van der Waals surface area contributed by atoms with E-state index in [2.05, 4.69) is 35.1 Å². The first-order chi connectivity index (χ1) is 16.9. The van der Waals surface area contributed by atoms with Crippen LogP contribution in [0.5, 0.6) is 5.75 Å².